The van der Waals surface area contributed by atoms with Gasteiger partial charge in [-0.3, -0.25) is 0 Å². The van der Waals surface area contributed by atoms with E-state index >= 15 is 0 Å². The summed E-state index contributed by atoms with van der Waals surface area (Å²) in [7, 11) is 0. The Bertz CT molecular complexity index is 1190. The van der Waals surface area contributed by atoms with Gasteiger partial charge in [0.15, 0.2) is 0 Å². The van der Waals surface area contributed by atoms with Crippen molar-refractivity contribution < 1.29 is 19.1 Å². The van der Waals surface area contributed by atoms with E-state index in [2.05, 4.69) is 16.0 Å². The van der Waals surface area contributed by atoms with Gasteiger partial charge in [-0.2, -0.15) is 0 Å². The van der Waals surface area contributed by atoms with Gasteiger partial charge in [0.05, 0.1) is 21.3 Å². The minimum absolute atomic E-state index is 0.295. The van der Waals surface area contributed by atoms with E-state index in [1.54, 1.807) is 54.6 Å². The minimum atomic E-state index is -0.672. The first kappa shape index (κ1) is 23.8. The Morgan fingerprint density at radius 3 is 2.06 bits per heavy atom. The van der Waals surface area contributed by atoms with E-state index in [0.29, 0.717) is 33.4 Å². The summed E-state index contributed by atoms with van der Waals surface area (Å²) in [5.74, 6) is -1.22. The van der Waals surface area contributed by atoms with Crippen LogP contribution >= 0.6 is 23.2 Å². The number of esters is 2. The van der Waals surface area contributed by atoms with Crippen LogP contribution < -0.4 is 16.0 Å². The Balaban J connectivity index is 1.35. The summed E-state index contributed by atoms with van der Waals surface area (Å²) in [5, 5.41) is 9.04. The van der Waals surface area contributed by atoms with Crippen molar-refractivity contribution in [2.45, 2.75) is 18.9 Å². The molecule has 1 aliphatic rings. The van der Waals surface area contributed by atoms with Crippen LogP contribution in [-0.4, -0.2) is 30.6 Å². The van der Waals surface area contributed by atoms with Crippen LogP contribution in [0.25, 0.3) is 11.1 Å². The summed E-state index contributed by atoms with van der Waals surface area (Å²) in [5.41, 5.74) is 2.94. The number of nitrogens with one attached hydrogen (secondary N) is 3. The first-order valence-electron chi connectivity index (χ1n) is 10.6. The number of para-hydroxylation sites is 1. The average Bonchev–Trinajstić information content (AvgIpc) is 3.37. The Labute approximate surface area is 206 Å². The average molecular weight is 498 g/mol. The molecule has 1 saturated heterocycles. The number of hydrogen-bond acceptors (Lipinski definition) is 5. The van der Waals surface area contributed by atoms with E-state index in [-0.39, 0.29) is 0 Å². The van der Waals surface area contributed by atoms with Crippen molar-refractivity contribution in [1.29, 1.82) is 0 Å². The number of anilines is 2. The molecule has 0 bridgehead atoms. The SMILES string of the molecule is O=C(Nc1ccc(-c2ccc(C(=O)OC(=O)[C@H]3CCCN3)cc2)cc1)Nc1c(Cl)cccc1Cl. The number of carbonyl (C=O) groups excluding carboxylic acids is 3. The molecule has 7 nitrogen and oxygen atoms in total. The molecule has 3 N–H and O–H groups in total. The number of urea groups is 1. The predicted molar refractivity (Wildman–Crippen MR) is 132 cm³/mol. The maximum absolute atomic E-state index is 12.3. The molecule has 0 radical (unpaired) electrons. The molecular weight excluding hydrogens is 477 g/mol. The Morgan fingerprint density at radius 1 is 0.853 bits per heavy atom. The minimum Gasteiger partial charge on any atom is -0.388 e. The molecule has 1 heterocycles. The molecule has 0 aliphatic carbocycles. The van der Waals surface area contributed by atoms with E-state index in [1.807, 2.05) is 12.1 Å². The Hall–Kier alpha value is -3.39. The van der Waals surface area contributed by atoms with Crippen LogP contribution in [0.15, 0.2) is 66.7 Å². The first-order chi connectivity index (χ1) is 16.4. The summed E-state index contributed by atoms with van der Waals surface area (Å²) in [6.07, 6.45) is 1.56. The van der Waals surface area contributed by atoms with Gasteiger partial charge in [0.1, 0.15) is 6.04 Å². The highest BCUT2D eigenvalue weighted by atomic mass is 35.5. The lowest BCUT2D eigenvalue weighted by molar-refractivity contribution is -0.139. The zero-order chi connectivity index (χ0) is 24.1. The quantitative estimate of drug-likeness (QED) is 0.308. The number of hydrogen-bond donors (Lipinski definition) is 3. The lowest BCUT2D eigenvalue weighted by Gasteiger charge is -2.11. The van der Waals surface area contributed by atoms with Crippen molar-refractivity contribution in [3.63, 3.8) is 0 Å². The van der Waals surface area contributed by atoms with Gasteiger partial charge in [0, 0.05) is 5.69 Å². The molecule has 0 saturated carbocycles. The van der Waals surface area contributed by atoms with Gasteiger partial charge in [-0.1, -0.05) is 53.5 Å². The third kappa shape index (κ3) is 5.75. The fourth-order valence-electron chi connectivity index (χ4n) is 3.55. The molecule has 1 fully saturated rings. The second kappa shape index (κ2) is 10.7. The predicted octanol–water partition coefficient (Wildman–Crippen LogP) is 5.74. The fraction of sp³-hybridized carbons (Fsp3) is 0.160. The molecule has 1 aliphatic heterocycles. The zero-order valence-corrected chi connectivity index (χ0v) is 19.5. The van der Waals surface area contributed by atoms with E-state index < -0.39 is 24.0 Å². The van der Waals surface area contributed by atoms with E-state index in [0.717, 1.165) is 24.1 Å². The van der Waals surface area contributed by atoms with Crippen molar-refractivity contribution in [3.05, 3.63) is 82.3 Å². The van der Waals surface area contributed by atoms with Crippen LogP contribution in [0.5, 0.6) is 0 Å². The standard InChI is InChI=1S/C25H21Cl2N3O4/c26-19-3-1-4-20(27)22(19)30-25(33)29-18-12-10-16(11-13-18)15-6-8-17(9-7-15)23(31)34-24(32)21-5-2-14-28-21/h1,3-4,6-13,21,28H,2,5,14H2,(H2,29,30,33)/t21-/m1/s1. The van der Waals surface area contributed by atoms with Crippen LogP contribution in [0.1, 0.15) is 23.2 Å². The summed E-state index contributed by atoms with van der Waals surface area (Å²) in [4.78, 5) is 36.5. The molecule has 0 spiro atoms. The summed E-state index contributed by atoms with van der Waals surface area (Å²) >= 11 is 12.1. The van der Waals surface area contributed by atoms with Gasteiger partial charge in [0.2, 0.25) is 0 Å². The van der Waals surface area contributed by atoms with Gasteiger partial charge in [0.25, 0.3) is 0 Å². The van der Waals surface area contributed by atoms with Gasteiger partial charge in [-0.05, 0) is 66.9 Å². The smallest absolute Gasteiger partial charge is 0.345 e. The number of benzene rings is 3. The molecule has 0 aromatic heterocycles. The van der Waals surface area contributed by atoms with Crippen molar-refractivity contribution >= 4 is 52.5 Å². The normalized spacial score (nSPS) is 14.9. The molecule has 9 heteroatoms. The molecule has 3 aromatic carbocycles. The van der Waals surface area contributed by atoms with Gasteiger partial charge < -0.3 is 20.7 Å². The first-order valence-corrected chi connectivity index (χ1v) is 11.4. The number of halogens is 2. The molecular formula is C25H21Cl2N3O4. The highest BCUT2D eigenvalue weighted by Gasteiger charge is 2.26. The number of ether oxygens (including phenoxy) is 1. The van der Waals surface area contributed by atoms with Gasteiger partial charge >= 0.3 is 18.0 Å². The highest BCUT2D eigenvalue weighted by Crippen LogP contribution is 2.30. The van der Waals surface area contributed by atoms with Crippen LogP contribution in [0.4, 0.5) is 16.2 Å². The monoisotopic (exact) mass is 497 g/mol. The number of carbonyl (C=O) groups is 3. The third-order valence-corrected chi connectivity index (χ3v) is 5.97. The molecule has 34 heavy (non-hydrogen) atoms. The van der Waals surface area contributed by atoms with Crippen molar-refractivity contribution in [1.82, 2.24) is 5.32 Å². The summed E-state index contributed by atoms with van der Waals surface area (Å²) in [6.45, 7) is 0.747. The second-order valence-electron chi connectivity index (χ2n) is 7.69. The van der Waals surface area contributed by atoms with Gasteiger partial charge in [-0.25, -0.2) is 14.4 Å². The summed E-state index contributed by atoms with van der Waals surface area (Å²) in [6, 6.07) is 18.0. The third-order valence-electron chi connectivity index (χ3n) is 5.34. The van der Waals surface area contributed by atoms with Crippen LogP contribution in [0, 0.1) is 0 Å². The van der Waals surface area contributed by atoms with Gasteiger partial charge in [-0.15, -0.1) is 0 Å². The largest absolute Gasteiger partial charge is 0.388 e. The van der Waals surface area contributed by atoms with E-state index in [4.69, 9.17) is 27.9 Å². The molecule has 2 amide bonds. The summed E-state index contributed by atoms with van der Waals surface area (Å²) < 4.78 is 4.97. The van der Waals surface area contributed by atoms with Crippen LogP contribution in [-0.2, 0) is 9.53 Å². The highest BCUT2D eigenvalue weighted by molar-refractivity contribution is 6.39. The van der Waals surface area contributed by atoms with Crippen LogP contribution in [0.3, 0.4) is 0 Å². The van der Waals surface area contributed by atoms with Crippen molar-refractivity contribution in [3.8, 4) is 11.1 Å². The maximum atomic E-state index is 12.3. The fourth-order valence-corrected chi connectivity index (χ4v) is 4.04. The Kier molecular flexibility index (Phi) is 7.47. The van der Waals surface area contributed by atoms with E-state index in [1.165, 1.54) is 0 Å². The zero-order valence-electron chi connectivity index (χ0n) is 17.9. The number of amides is 2. The van der Waals surface area contributed by atoms with E-state index in [9.17, 15) is 14.4 Å². The molecule has 3 aromatic rings. The lowest BCUT2D eigenvalue weighted by atomic mass is 10.0. The van der Waals surface area contributed by atoms with Crippen LogP contribution in [0.2, 0.25) is 10.0 Å². The molecule has 174 valence electrons. The molecule has 1 atom stereocenters. The van der Waals surface area contributed by atoms with Crippen molar-refractivity contribution in [2.75, 3.05) is 17.2 Å². The maximum Gasteiger partial charge on any atom is 0.345 e. The second-order valence-corrected chi connectivity index (χ2v) is 8.50. The molecule has 0 unspecified atom stereocenters. The Morgan fingerprint density at radius 2 is 1.47 bits per heavy atom. The lowest BCUT2D eigenvalue weighted by Crippen LogP contribution is -2.33. The van der Waals surface area contributed by atoms with Crippen molar-refractivity contribution in [2.24, 2.45) is 0 Å². The topological polar surface area (TPSA) is 96.5 Å². The number of rotatable bonds is 5. The molecule has 4 rings (SSSR count).